The number of nitrogens with one attached hydrogen (secondary N) is 1. The van der Waals surface area contributed by atoms with Crippen LogP contribution < -0.4 is 10.1 Å². The maximum atomic E-state index is 6.00. The van der Waals surface area contributed by atoms with Gasteiger partial charge in [0.05, 0.1) is 0 Å². The van der Waals surface area contributed by atoms with Crippen molar-refractivity contribution < 1.29 is 4.74 Å². The Kier molecular flexibility index (Phi) is 12.2. The van der Waals surface area contributed by atoms with Crippen LogP contribution >= 0.6 is 24.0 Å². The van der Waals surface area contributed by atoms with Gasteiger partial charge in [0, 0.05) is 17.1 Å². The highest BCUT2D eigenvalue weighted by Gasteiger charge is 2.03. The second kappa shape index (κ2) is 13.9. The Balaban J connectivity index is 0.00000338. The fraction of sp³-hybridized carbons (Fsp3) is 0.455. The van der Waals surface area contributed by atoms with Crippen LogP contribution in [0.5, 0.6) is 5.75 Å². The molecule has 144 valence electrons. The van der Waals surface area contributed by atoms with Gasteiger partial charge in [-0.2, -0.15) is 0 Å². The van der Waals surface area contributed by atoms with Gasteiger partial charge in [-0.3, -0.25) is 0 Å². The lowest BCUT2D eigenvalue weighted by atomic mass is 10.1. The van der Waals surface area contributed by atoms with Crippen LogP contribution in [0.4, 0.5) is 0 Å². The van der Waals surface area contributed by atoms with Crippen molar-refractivity contribution in [3.05, 3.63) is 64.7 Å². The van der Waals surface area contributed by atoms with Gasteiger partial charge in [-0.15, -0.1) is 12.4 Å². The summed E-state index contributed by atoms with van der Waals surface area (Å²) in [4.78, 5) is 0. The summed E-state index contributed by atoms with van der Waals surface area (Å²) in [6.45, 7) is 4.74. The summed E-state index contributed by atoms with van der Waals surface area (Å²) in [7, 11) is 0. The molecule has 2 aromatic rings. The molecule has 0 spiro atoms. The zero-order chi connectivity index (χ0) is 17.7. The Hall–Kier alpha value is -1.22. The normalized spacial score (nSPS) is 10.4. The van der Waals surface area contributed by atoms with Crippen molar-refractivity contribution in [1.82, 2.24) is 5.32 Å². The maximum Gasteiger partial charge on any atom is 0.124 e. The minimum absolute atomic E-state index is 0. The quantitative estimate of drug-likeness (QED) is 0.399. The SMILES string of the molecule is CCCCCCCCNCc1ccccc1OCc1ccc(Cl)cc1.Cl. The first kappa shape index (κ1) is 22.8. The summed E-state index contributed by atoms with van der Waals surface area (Å²) in [5, 5.41) is 4.29. The third kappa shape index (κ3) is 8.93. The molecule has 0 radical (unpaired) electrons. The van der Waals surface area contributed by atoms with Crippen molar-refractivity contribution in [1.29, 1.82) is 0 Å². The van der Waals surface area contributed by atoms with Gasteiger partial charge in [-0.1, -0.05) is 81.0 Å². The van der Waals surface area contributed by atoms with E-state index in [0.717, 1.165) is 29.4 Å². The number of hydrogen-bond donors (Lipinski definition) is 1. The van der Waals surface area contributed by atoms with E-state index in [9.17, 15) is 0 Å². The molecule has 0 aromatic heterocycles. The standard InChI is InChI=1S/C22H30ClNO.ClH/c1-2-3-4-5-6-9-16-24-17-20-10-7-8-11-22(20)25-18-19-12-14-21(23)15-13-19;/h7-8,10-15,24H,2-6,9,16-18H2,1H3;1H. The summed E-state index contributed by atoms with van der Waals surface area (Å²) in [5.74, 6) is 0.952. The summed E-state index contributed by atoms with van der Waals surface area (Å²) < 4.78 is 6.00. The monoisotopic (exact) mass is 395 g/mol. The number of halogens is 2. The molecule has 2 rings (SSSR count). The van der Waals surface area contributed by atoms with E-state index >= 15 is 0 Å². The fourth-order valence-electron chi connectivity index (χ4n) is 2.79. The van der Waals surface area contributed by atoms with Crippen molar-refractivity contribution in [2.75, 3.05) is 6.54 Å². The number of hydrogen-bond acceptors (Lipinski definition) is 2. The largest absolute Gasteiger partial charge is 0.489 e. The van der Waals surface area contributed by atoms with E-state index in [1.54, 1.807) is 0 Å². The van der Waals surface area contributed by atoms with Gasteiger partial charge in [0.15, 0.2) is 0 Å². The van der Waals surface area contributed by atoms with Gasteiger partial charge in [0.2, 0.25) is 0 Å². The smallest absolute Gasteiger partial charge is 0.124 e. The highest BCUT2D eigenvalue weighted by atomic mass is 35.5. The van der Waals surface area contributed by atoms with Gasteiger partial charge < -0.3 is 10.1 Å². The summed E-state index contributed by atoms with van der Waals surface area (Å²) in [5.41, 5.74) is 2.33. The van der Waals surface area contributed by atoms with E-state index in [2.05, 4.69) is 24.4 Å². The molecule has 0 heterocycles. The minimum Gasteiger partial charge on any atom is -0.489 e. The van der Waals surface area contributed by atoms with Crippen molar-refractivity contribution >= 4 is 24.0 Å². The molecule has 26 heavy (non-hydrogen) atoms. The van der Waals surface area contributed by atoms with Crippen LogP contribution in [0.2, 0.25) is 5.02 Å². The fourth-order valence-corrected chi connectivity index (χ4v) is 2.91. The van der Waals surface area contributed by atoms with Crippen LogP contribution in [0.1, 0.15) is 56.6 Å². The molecule has 0 amide bonds. The van der Waals surface area contributed by atoms with E-state index in [0.29, 0.717) is 6.61 Å². The molecular weight excluding hydrogens is 365 g/mol. The van der Waals surface area contributed by atoms with Gasteiger partial charge >= 0.3 is 0 Å². The molecular formula is C22H31Cl2NO. The third-order valence-corrected chi connectivity index (χ3v) is 4.55. The molecule has 0 aliphatic carbocycles. The van der Waals surface area contributed by atoms with Crippen LogP contribution in [0.15, 0.2) is 48.5 Å². The number of rotatable bonds is 12. The molecule has 2 nitrogen and oxygen atoms in total. The summed E-state index contributed by atoms with van der Waals surface area (Å²) in [6.07, 6.45) is 7.98. The van der Waals surface area contributed by atoms with Crippen LogP contribution in [0.3, 0.4) is 0 Å². The zero-order valence-electron chi connectivity index (χ0n) is 15.7. The van der Waals surface area contributed by atoms with Crippen LogP contribution in [0.25, 0.3) is 0 Å². The van der Waals surface area contributed by atoms with E-state index in [1.807, 2.05) is 36.4 Å². The predicted molar refractivity (Wildman–Crippen MR) is 115 cm³/mol. The average molecular weight is 396 g/mol. The zero-order valence-corrected chi connectivity index (χ0v) is 17.2. The third-order valence-electron chi connectivity index (χ3n) is 4.30. The van der Waals surface area contributed by atoms with Gasteiger partial charge in [0.1, 0.15) is 12.4 Å². The van der Waals surface area contributed by atoms with Crippen molar-refractivity contribution in [3.63, 3.8) is 0 Å². The second-order valence-electron chi connectivity index (χ2n) is 6.47. The molecule has 4 heteroatoms. The molecule has 0 bridgehead atoms. The van der Waals surface area contributed by atoms with Crippen molar-refractivity contribution in [3.8, 4) is 5.75 Å². The Morgan fingerprint density at radius 2 is 1.58 bits per heavy atom. The van der Waals surface area contributed by atoms with Gasteiger partial charge in [0.25, 0.3) is 0 Å². The second-order valence-corrected chi connectivity index (χ2v) is 6.90. The molecule has 0 atom stereocenters. The molecule has 0 saturated carbocycles. The van der Waals surface area contributed by atoms with E-state index in [-0.39, 0.29) is 12.4 Å². The predicted octanol–water partition coefficient (Wildman–Crippen LogP) is 6.79. The lowest BCUT2D eigenvalue weighted by Gasteiger charge is -2.12. The van der Waals surface area contributed by atoms with Gasteiger partial charge in [-0.05, 0) is 36.7 Å². The number of benzene rings is 2. The highest BCUT2D eigenvalue weighted by molar-refractivity contribution is 6.30. The topological polar surface area (TPSA) is 21.3 Å². The Labute approximate surface area is 169 Å². The molecule has 0 saturated heterocycles. The average Bonchev–Trinajstić information content (AvgIpc) is 2.64. The molecule has 0 aliphatic rings. The van der Waals surface area contributed by atoms with E-state index in [1.165, 1.54) is 44.1 Å². The number of ether oxygens (including phenoxy) is 1. The first-order chi connectivity index (χ1) is 12.3. The van der Waals surface area contributed by atoms with Crippen LogP contribution in [-0.2, 0) is 13.2 Å². The molecule has 0 aliphatic heterocycles. The molecule has 0 unspecified atom stereocenters. The van der Waals surface area contributed by atoms with Crippen molar-refractivity contribution in [2.45, 2.75) is 58.6 Å². The van der Waals surface area contributed by atoms with E-state index < -0.39 is 0 Å². The Morgan fingerprint density at radius 3 is 2.35 bits per heavy atom. The summed E-state index contributed by atoms with van der Waals surface area (Å²) in [6, 6.07) is 16.1. The highest BCUT2D eigenvalue weighted by Crippen LogP contribution is 2.20. The Morgan fingerprint density at radius 1 is 0.885 bits per heavy atom. The summed E-state index contributed by atoms with van der Waals surface area (Å²) >= 11 is 5.92. The van der Waals surface area contributed by atoms with E-state index in [4.69, 9.17) is 16.3 Å². The molecule has 0 fully saturated rings. The first-order valence-electron chi connectivity index (χ1n) is 9.45. The minimum atomic E-state index is 0. The van der Waals surface area contributed by atoms with Crippen LogP contribution in [-0.4, -0.2) is 6.54 Å². The van der Waals surface area contributed by atoms with Crippen molar-refractivity contribution in [2.24, 2.45) is 0 Å². The number of para-hydroxylation sites is 1. The lowest BCUT2D eigenvalue weighted by molar-refractivity contribution is 0.302. The number of unbranched alkanes of at least 4 members (excludes halogenated alkanes) is 5. The Bertz CT molecular complexity index is 601. The molecule has 1 N–H and O–H groups in total. The van der Waals surface area contributed by atoms with Gasteiger partial charge in [-0.25, -0.2) is 0 Å². The molecule has 2 aromatic carbocycles. The lowest BCUT2D eigenvalue weighted by Crippen LogP contribution is -2.15. The first-order valence-corrected chi connectivity index (χ1v) is 9.83. The maximum absolute atomic E-state index is 6.00. The van der Waals surface area contributed by atoms with Crippen LogP contribution in [0, 0.1) is 0 Å².